The highest BCUT2D eigenvalue weighted by atomic mass is 16.5. The Morgan fingerprint density at radius 2 is 1.88 bits per heavy atom. The van der Waals surface area contributed by atoms with Crippen LogP contribution in [0.3, 0.4) is 0 Å². The Bertz CT molecular complexity index is 782. The second kappa shape index (κ2) is 8.39. The standard InChI is InChI=1S/C23H29NO2/c1-4-21(20-13-12-18-9-5-6-10-19(18)14-20)24-23(25)15-26-22-11-7-8-16(2)17(22)3/h7-8,11-14,21H,4-6,9-10,15H2,1-3H3,(H,24,25)/t21-/m1/s1. The molecule has 1 N–H and O–H groups in total. The monoisotopic (exact) mass is 351 g/mol. The van der Waals surface area contributed by atoms with Crippen molar-refractivity contribution in [2.45, 2.75) is 58.9 Å². The molecule has 26 heavy (non-hydrogen) atoms. The minimum Gasteiger partial charge on any atom is -0.483 e. The van der Waals surface area contributed by atoms with Gasteiger partial charge in [0, 0.05) is 0 Å². The molecule has 3 nitrogen and oxygen atoms in total. The smallest absolute Gasteiger partial charge is 0.258 e. The first-order valence-corrected chi connectivity index (χ1v) is 9.68. The molecule has 0 aromatic heterocycles. The van der Waals surface area contributed by atoms with Crippen molar-refractivity contribution in [2.75, 3.05) is 6.61 Å². The number of aryl methyl sites for hydroxylation is 3. The van der Waals surface area contributed by atoms with Crippen LogP contribution in [-0.2, 0) is 17.6 Å². The zero-order chi connectivity index (χ0) is 18.5. The third-order valence-electron chi connectivity index (χ3n) is 5.43. The van der Waals surface area contributed by atoms with Gasteiger partial charge in [0.1, 0.15) is 5.75 Å². The first-order valence-electron chi connectivity index (χ1n) is 9.68. The molecule has 1 atom stereocenters. The van der Waals surface area contributed by atoms with Crippen LogP contribution in [0.15, 0.2) is 36.4 Å². The van der Waals surface area contributed by atoms with Gasteiger partial charge in [-0.3, -0.25) is 4.79 Å². The average Bonchev–Trinajstić information content (AvgIpc) is 2.67. The van der Waals surface area contributed by atoms with E-state index in [1.165, 1.54) is 41.5 Å². The maximum Gasteiger partial charge on any atom is 0.258 e. The zero-order valence-electron chi connectivity index (χ0n) is 16.1. The highest BCUT2D eigenvalue weighted by molar-refractivity contribution is 5.78. The molecule has 2 aromatic rings. The lowest BCUT2D eigenvalue weighted by atomic mass is 9.89. The van der Waals surface area contributed by atoms with Gasteiger partial charge in [-0.15, -0.1) is 0 Å². The third-order valence-corrected chi connectivity index (χ3v) is 5.43. The normalized spacial score (nSPS) is 14.4. The predicted molar refractivity (Wildman–Crippen MR) is 106 cm³/mol. The van der Waals surface area contributed by atoms with E-state index in [4.69, 9.17) is 4.74 Å². The van der Waals surface area contributed by atoms with Gasteiger partial charge in [0.05, 0.1) is 6.04 Å². The number of rotatable bonds is 6. The van der Waals surface area contributed by atoms with Crippen molar-refractivity contribution in [1.29, 1.82) is 0 Å². The van der Waals surface area contributed by atoms with Gasteiger partial charge < -0.3 is 10.1 Å². The van der Waals surface area contributed by atoms with Gasteiger partial charge >= 0.3 is 0 Å². The van der Waals surface area contributed by atoms with Crippen LogP contribution in [0.1, 0.15) is 60.0 Å². The summed E-state index contributed by atoms with van der Waals surface area (Å²) in [5, 5.41) is 3.13. The summed E-state index contributed by atoms with van der Waals surface area (Å²) in [6.45, 7) is 6.22. The van der Waals surface area contributed by atoms with Crippen molar-refractivity contribution >= 4 is 5.91 Å². The van der Waals surface area contributed by atoms with Gasteiger partial charge in [-0.1, -0.05) is 37.3 Å². The molecular weight excluding hydrogens is 322 g/mol. The van der Waals surface area contributed by atoms with Crippen LogP contribution in [0, 0.1) is 13.8 Å². The average molecular weight is 351 g/mol. The van der Waals surface area contributed by atoms with Crippen molar-refractivity contribution in [2.24, 2.45) is 0 Å². The molecule has 0 radical (unpaired) electrons. The van der Waals surface area contributed by atoms with Crippen LogP contribution in [0.2, 0.25) is 0 Å². The van der Waals surface area contributed by atoms with Crippen LogP contribution in [0.5, 0.6) is 5.75 Å². The van der Waals surface area contributed by atoms with E-state index in [-0.39, 0.29) is 18.6 Å². The molecule has 3 rings (SSSR count). The molecule has 0 bridgehead atoms. The summed E-state index contributed by atoms with van der Waals surface area (Å²) in [5.74, 6) is 0.706. The Kier molecular flexibility index (Phi) is 5.97. The molecule has 0 heterocycles. The van der Waals surface area contributed by atoms with Crippen molar-refractivity contribution in [3.05, 3.63) is 64.2 Å². The summed E-state index contributed by atoms with van der Waals surface area (Å²) in [6, 6.07) is 12.7. The molecule has 1 aliphatic rings. The summed E-state index contributed by atoms with van der Waals surface area (Å²) < 4.78 is 5.74. The molecule has 1 amide bonds. The largest absolute Gasteiger partial charge is 0.483 e. The van der Waals surface area contributed by atoms with Crippen LogP contribution in [0.4, 0.5) is 0 Å². The van der Waals surface area contributed by atoms with Gasteiger partial charge in [-0.2, -0.15) is 0 Å². The van der Waals surface area contributed by atoms with Crippen molar-refractivity contribution in [3.63, 3.8) is 0 Å². The van der Waals surface area contributed by atoms with Crippen molar-refractivity contribution in [3.8, 4) is 5.75 Å². The van der Waals surface area contributed by atoms with E-state index in [9.17, 15) is 4.79 Å². The minimum atomic E-state index is -0.0736. The minimum absolute atomic E-state index is 0.0388. The Morgan fingerprint density at radius 1 is 1.12 bits per heavy atom. The fraction of sp³-hybridized carbons (Fsp3) is 0.435. The molecular formula is C23H29NO2. The summed E-state index contributed by atoms with van der Waals surface area (Å²) in [5.41, 5.74) is 6.38. The van der Waals surface area contributed by atoms with E-state index in [1.807, 2.05) is 32.0 Å². The van der Waals surface area contributed by atoms with E-state index in [0.29, 0.717) is 0 Å². The summed E-state index contributed by atoms with van der Waals surface area (Å²) in [6.07, 6.45) is 5.76. The fourth-order valence-electron chi connectivity index (χ4n) is 3.65. The quantitative estimate of drug-likeness (QED) is 0.809. The van der Waals surface area contributed by atoms with E-state index in [0.717, 1.165) is 24.2 Å². The molecule has 0 unspecified atom stereocenters. The first kappa shape index (κ1) is 18.5. The number of carbonyl (C=O) groups is 1. The Morgan fingerprint density at radius 3 is 2.65 bits per heavy atom. The number of fused-ring (bicyclic) bond motifs is 1. The molecule has 2 aromatic carbocycles. The number of benzene rings is 2. The number of hydrogen-bond acceptors (Lipinski definition) is 2. The SMILES string of the molecule is CC[C@@H](NC(=O)COc1cccc(C)c1C)c1ccc2c(c1)CCCC2. The molecule has 0 spiro atoms. The summed E-state index contributed by atoms with van der Waals surface area (Å²) >= 11 is 0. The lowest BCUT2D eigenvalue weighted by molar-refractivity contribution is -0.123. The van der Waals surface area contributed by atoms with Crippen LogP contribution >= 0.6 is 0 Å². The highest BCUT2D eigenvalue weighted by Crippen LogP contribution is 2.26. The van der Waals surface area contributed by atoms with Gasteiger partial charge in [-0.25, -0.2) is 0 Å². The second-order valence-corrected chi connectivity index (χ2v) is 7.25. The second-order valence-electron chi connectivity index (χ2n) is 7.25. The lowest BCUT2D eigenvalue weighted by Crippen LogP contribution is -2.32. The van der Waals surface area contributed by atoms with E-state index >= 15 is 0 Å². The van der Waals surface area contributed by atoms with Gasteiger partial charge in [0.2, 0.25) is 0 Å². The van der Waals surface area contributed by atoms with E-state index in [1.54, 1.807) is 0 Å². The van der Waals surface area contributed by atoms with Crippen LogP contribution < -0.4 is 10.1 Å². The van der Waals surface area contributed by atoms with Crippen molar-refractivity contribution in [1.82, 2.24) is 5.32 Å². The Hall–Kier alpha value is -2.29. The highest BCUT2D eigenvalue weighted by Gasteiger charge is 2.16. The number of carbonyl (C=O) groups excluding carboxylic acids is 1. The lowest BCUT2D eigenvalue weighted by Gasteiger charge is -2.22. The molecule has 0 aliphatic heterocycles. The molecule has 138 valence electrons. The van der Waals surface area contributed by atoms with Gasteiger partial charge in [-0.05, 0) is 79.8 Å². The molecule has 1 aliphatic carbocycles. The third kappa shape index (κ3) is 4.27. The molecule has 0 saturated carbocycles. The number of amides is 1. The van der Waals surface area contributed by atoms with Crippen molar-refractivity contribution < 1.29 is 9.53 Å². The maximum absolute atomic E-state index is 12.4. The zero-order valence-corrected chi connectivity index (χ0v) is 16.1. The molecule has 0 fully saturated rings. The number of nitrogens with one attached hydrogen (secondary N) is 1. The molecule has 3 heteroatoms. The number of ether oxygens (including phenoxy) is 1. The maximum atomic E-state index is 12.4. The van der Waals surface area contributed by atoms with Gasteiger partial charge in [0.15, 0.2) is 6.61 Å². The Labute approximate surface area is 156 Å². The number of hydrogen-bond donors (Lipinski definition) is 1. The van der Waals surface area contributed by atoms with Crippen LogP contribution in [0.25, 0.3) is 0 Å². The molecule has 0 saturated heterocycles. The van der Waals surface area contributed by atoms with E-state index in [2.05, 4.69) is 30.4 Å². The first-order chi connectivity index (χ1) is 12.6. The fourth-order valence-corrected chi connectivity index (χ4v) is 3.65. The topological polar surface area (TPSA) is 38.3 Å². The van der Waals surface area contributed by atoms with E-state index < -0.39 is 0 Å². The van der Waals surface area contributed by atoms with Gasteiger partial charge in [0.25, 0.3) is 5.91 Å². The summed E-state index contributed by atoms with van der Waals surface area (Å²) in [4.78, 5) is 12.4. The predicted octanol–water partition coefficient (Wildman–Crippen LogP) is 4.83. The summed E-state index contributed by atoms with van der Waals surface area (Å²) in [7, 11) is 0. The Balaban J connectivity index is 1.62. The van der Waals surface area contributed by atoms with Crippen LogP contribution in [-0.4, -0.2) is 12.5 Å².